The molecular formula is C22H41NO10. The van der Waals surface area contributed by atoms with Crippen molar-refractivity contribution < 1.29 is 47.9 Å². The predicted molar refractivity (Wildman–Crippen MR) is 120 cm³/mol. The molecule has 11 nitrogen and oxygen atoms in total. The van der Waals surface area contributed by atoms with Crippen LogP contribution in [0.25, 0.3) is 0 Å². The average Bonchev–Trinajstić information content (AvgIpc) is 2.80. The quantitative estimate of drug-likeness (QED) is 0.128. The van der Waals surface area contributed by atoms with Crippen molar-refractivity contribution in [3.05, 3.63) is 12.7 Å². The minimum Gasteiger partial charge on any atom is -0.481 e. The highest BCUT2D eigenvalue weighted by molar-refractivity contribution is 5.80. The molecule has 0 aliphatic rings. The first-order chi connectivity index (χ1) is 16.2. The topological polar surface area (TPSA) is 131 Å². The van der Waals surface area contributed by atoms with E-state index >= 15 is 0 Å². The SMILES string of the molecule is C=CCOCCOCCOCCOCCOCCOCCOCCCNC(=O)CCC(=O)O. The molecule has 0 radical (unpaired) electrons. The molecule has 194 valence electrons. The van der Waals surface area contributed by atoms with E-state index in [0.717, 1.165) is 0 Å². The second-order valence-corrected chi connectivity index (χ2v) is 6.64. The van der Waals surface area contributed by atoms with Gasteiger partial charge in [-0.25, -0.2) is 0 Å². The van der Waals surface area contributed by atoms with Gasteiger partial charge in [-0.3, -0.25) is 9.59 Å². The average molecular weight is 480 g/mol. The molecule has 0 fully saturated rings. The zero-order valence-electron chi connectivity index (χ0n) is 19.6. The van der Waals surface area contributed by atoms with E-state index in [0.29, 0.717) is 105 Å². The van der Waals surface area contributed by atoms with Crippen LogP contribution in [0.3, 0.4) is 0 Å². The van der Waals surface area contributed by atoms with Crippen molar-refractivity contribution in [3.8, 4) is 0 Å². The van der Waals surface area contributed by atoms with Crippen molar-refractivity contribution in [2.75, 3.05) is 99.0 Å². The highest BCUT2D eigenvalue weighted by Crippen LogP contribution is 1.90. The van der Waals surface area contributed by atoms with Crippen LogP contribution in [-0.4, -0.2) is 116 Å². The number of amides is 1. The number of nitrogens with one attached hydrogen (secondary N) is 1. The summed E-state index contributed by atoms with van der Waals surface area (Å²) >= 11 is 0. The van der Waals surface area contributed by atoms with Crippen LogP contribution >= 0.6 is 0 Å². The van der Waals surface area contributed by atoms with Crippen LogP contribution in [0.1, 0.15) is 19.3 Å². The Morgan fingerprint density at radius 3 is 1.42 bits per heavy atom. The third kappa shape index (κ3) is 28.4. The fourth-order valence-electron chi connectivity index (χ4n) is 2.20. The maximum Gasteiger partial charge on any atom is 0.303 e. The number of carbonyl (C=O) groups is 2. The molecule has 0 heterocycles. The third-order valence-electron chi connectivity index (χ3n) is 3.82. The van der Waals surface area contributed by atoms with E-state index in [9.17, 15) is 9.59 Å². The lowest BCUT2D eigenvalue weighted by molar-refractivity contribution is -0.138. The van der Waals surface area contributed by atoms with E-state index in [1.54, 1.807) is 6.08 Å². The van der Waals surface area contributed by atoms with Crippen LogP contribution in [0.4, 0.5) is 0 Å². The Kier molecular flexibility index (Phi) is 25.4. The molecule has 0 rings (SSSR count). The molecule has 0 bridgehead atoms. The highest BCUT2D eigenvalue weighted by Gasteiger charge is 2.04. The van der Waals surface area contributed by atoms with Gasteiger partial charge in [-0.1, -0.05) is 6.08 Å². The van der Waals surface area contributed by atoms with Gasteiger partial charge in [0.25, 0.3) is 0 Å². The van der Waals surface area contributed by atoms with E-state index in [4.69, 9.17) is 38.3 Å². The van der Waals surface area contributed by atoms with Crippen molar-refractivity contribution in [2.45, 2.75) is 19.3 Å². The molecule has 0 saturated carbocycles. The van der Waals surface area contributed by atoms with E-state index in [2.05, 4.69) is 11.9 Å². The highest BCUT2D eigenvalue weighted by atomic mass is 16.6. The Morgan fingerprint density at radius 1 is 0.636 bits per heavy atom. The predicted octanol–water partition coefficient (Wildman–Crippen LogP) is 0.660. The van der Waals surface area contributed by atoms with E-state index in [1.165, 1.54) is 0 Å². The van der Waals surface area contributed by atoms with Gasteiger partial charge in [-0.05, 0) is 6.42 Å². The Morgan fingerprint density at radius 2 is 1.03 bits per heavy atom. The van der Waals surface area contributed by atoms with Gasteiger partial charge in [0.1, 0.15) is 0 Å². The summed E-state index contributed by atoms with van der Waals surface area (Å²) in [4.78, 5) is 21.7. The lowest BCUT2D eigenvalue weighted by Gasteiger charge is -2.08. The summed E-state index contributed by atoms with van der Waals surface area (Å²) in [5, 5.41) is 11.1. The molecule has 0 aromatic rings. The fourth-order valence-corrected chi connectivity index (χ4v) is 2.20. The molecule has 11 heteroatoms. The first-order valence-corrected chi connectivity index (χ1v) is 11.3. The van der Waals surface area contributed by atoms with Crippen molar-refractivity contribution in [3.63, 3.8) is 0 Å². The second-order valence-electron chi connectivity index (χ2n) is 6.64. The first-order valence-electron chi connectivity index (χ1n) is 11.3. The molecular weight excluding hydrogens is 438 g/mol. The number of hydrogen-bond donors (Lipinski definition) is 2. The number of carbonyl (C=O) groups excluding carboxylic acids is 1. The van der Waals surface area contributed by atoms with Gasteiger partial charge >= 0.3 is 5.97 Å². The zero-order chi connectivity index (χ0) is 24.2. The van der Waals surface area contributed by atoms with Gasteiger partial charge in [0, 0.05) is 19.6 Å². The van der Waals surface area contributed by atoms with Crippen LogP contribution in [0.15, 0.2) is 12.7 Å². The molecule has 0 aliphatic carbocycles. The van der Waals surface area contributed by atoms with Gasteiger partial charge in [0.15, 0.2) is 0 Å². The molecule has 1 amide bonds. The normalized spacial score (nSPS) is 10.9. The molecule has 33 heavy (non-hydrogen) atoms. The summed E-state index contributed by atoms with van der Waals surface area (Å²) in [6.07, 6.45) is 2.20. The van der Waals surface area contributed by atoms with Crippen molar-refractivity contribution in [1.29, 1.82) is 0 Å². The second kappa shape index (κ2) is 26.7. The zero-order valence-corrected chi connectivity index (χ0v) is 19.6. The van der Waals surface area contributed by atoms with E-state index in [-0.39, 0.29) is 18.7 Å². The molecule has 0 aromatic carbocycles. The minimum absolute atomic E-state index is 0.00334. The van der Waals surface area contributed by atoms with Gasteiger partial charge < -0.3 is 43.6 Å². The van der Waals surface area contributed by atoms with Gasteiger partial charge in [-0.2, -0.15) is 0 Å². The van der Waals surface area contributed by atoms with Crippen molar-refractivity contribution in [2.24, 2.45) is 0 Å². The number of ether oxygens (including phenoxy) is 7. The van der Waals surface area contributed by atoms with Gasteiger partial charge in [0.2, 0.25) is 5.91 Å². The fraction of sp³-hybridized carbons (Fsp3) is 0.818. The first kappa shape index (κ1) is 31.4. The third-order valence-corrected chi connectivity index (χ3v) is 3.82. The maximum absolute atomic E-state index is 11.3. The lowest BCUT2D eigenvalue weighted by atomic mass is 10.3. The largest absolute Gasteiger partial charge is 0.481 e. The number of carboxylic acid groups (broad SMARTS) is 1. The molecule has 0 saturated heterocycles. The Balaban J connectivity index is 3.08. The van der Waals surface area contributed by atoms with Crippen molar-refractivity contribution >= 4 is 11.9 Å². The molecule has 0 aromatic heterocycles. The van der Waals surface area contributed by atoms with E-state index in [1.807, 2.05) is 0 Å². The maximum atomic E-state index is 11.3. The standard InChI is InChI=1S/C22H41NO10/c1-2-7-27-9-11-29-13-15-31-17-19-33-20-18-32-16-14-30-12-10-28-8-3-6-23-21(24)4-5-22(25)26/h2H,1,3-20H2,(H,23,24)(H,25,26). The van der Waals surface area contributed by atoms with Gasteiger partial charge in [0.05, 0.1) is 92.3 Å². The van der Waals surface area contributed by atoms with Crippen LogP contribution < -0.4 is 5.32 Å². The lowest BCUT2D eigenvalue weighted by Crippen LogP contribution is -2.25. The summed E-state index contributed by atoms with van der Waals surface area (Å²) in [7, 11) is 0. The molecule has 0 atom stereocenters. The molecule has 0 spiro atoms. The number of carboxylic acids is 1. The number of hydrogen-bond acceptors (Lipinski definition) is 9. The van der Waals surface area contributed by atoms with Crippen LogP contribution in [0.5, 0.6) is 0 Å². The van der Waals surface area contributed by atoms with Gasteiger partial charge in [-0.15, -0.1) is 6.58 Å². The Bertz CT molecular complexity index is 464. The smallest absolute Gasteiger partial charge is 0.303 e. The summed E-state index contributed by atoms with van der Waals surface area (Å²) in [5.74, 6) is -1.24. The summed E-state index contributed by atoms with van der Waals surface area (Å²) in [6.45, 7) is 11.1. The van der Waals surface area contributed by atoms with Crippen LogP contribution in [0, 0.1) is 0 Å². The monoisotopic (exact) mass is 479 g/mol. The summed E-state index contributed by atoms with van der Waals surface area (Å²) < 4.78 is 37.5. The molecule has 0 unspecified atom stereocenters. The molecule has 0 aliphatic heterocycles. The Labute approximate surface area is 196 Å². The van der Waals surface area contributed by atoms with Crippen LogP contribution in [0.2, 0.25) is 0 Å². The Hall–Kier alpha value is -1.60. The number of aliphatic carboxylic acids is 1. The molecule has 2 N–H and O–H groups in total. The minimum atomic E-state index is -0.978. The van der Waals surface area contributed by atoms with Crippen molar-refractivity contribution in [1.82, 2.24) is 5.32 Å². The summed E-state index contributed by atoms with van der Waals surface area (Å²) in [5.41, 5.74) is 0. The van der Waals surface area contributed by atoms with E-state index < -0.39 is 5.97 Å². The summed E-state index contributed by atoms with van der Waals surface area (Å²) in [6, 6.07) is 0. The number of rotatable bonds is 27. The van der Waals surface area contributed by atoms with Crippen LogP contribution in [-0.2, 0) is 42.7 Å².